The summed E-state index contributed by atoms with van der Waals surface area (Å²) in [5, 5.41) is 1.19. The van der Waals surface area contributed by atoms with Crippen molar-refractivity contribution >= 4 is 40.4 Å². The number of carbonyl (C=O) groups excluding carboxylic acids is 2. The molecule has 2 aliphatic heterocycles. The summed E-state index contributed by atoms with van der Waals surface area (Å²) in [5.41, 5.74) is 2.17. The van der Waals surface area contributed by atoms with Crippen LogP contribution in [0.1, 0.15) is 32.0 Å². The van der Waals surface area contributed by atoms with Crippen LogP contribution in [-0.2, 0) is 11.3 Å². The standard InChI is InChI=1S/C27H17ClO8/c1-31-20-4-2-3-14-9-23(36-26(14)20)27(30)34-18-5-6-19-21(11-18)35-22(24(19)29)10-15-7-17(28)8-16-12-32-13-33-25(15)16/h2-11H,12-13H2,1H3/b22-10-. The molecule has 0 spiro atoms. The number of rotatable bonds is 4. The van der Waals surface area contributed by atoms with Gasteiger partial charge in [-0.15, -0.1) is 0 Å². The largest absolute Gasteiger partial charge is 0.493 e. The van der Waals surface area contributed by atoms with Crippen molar-refractivity contribution < 1.29 is 37.7 Å². The highest BCUT2D eigenvalue weighted by Gasteiger charge is 2.29. The first-order chi connectivity index (χ1) is 17.5. The lowest BCUT2D eigenvalue weighted by Crippen LogP contribution is -2.12. The van der Waals surface area contributed by atoms with E-state index >= 15 is 0 Å². The van der Waals surface area contributed by atoms with Gasteiger partial charge in [-0.05, 0) is 42.5 Å². The van der Waals surface area contributed by atoms with Crippen LogP contribution in [0.4, 0.5) is 0 Å². The molecule has 0 saturated carbocycles. The second-order valence-corrected chi connectivity index (χ2v) is 8.51. The predicted molar refractivity (Wildman–Crippen MR) is 129 cm³/mol. The summed E-state index contributed by atoms with van der Waals surface area (Å²) in [4.78, 5) is 25.7. The Morgan fingerprint density at radius 2 is 2.00 bits per heavy atom. The molecule has 2 aliphatic rings. The molecule has 6 rings (SSSR count). The molecule has 3 aromatic carbocycles. The van der Waals surface area contributed by atoms with E-state index in [4.69, 9.17) is 39.7 Å². The third-order valence-corrected chi connectivity index (χ3v) is 5.99. The number of furan rings is 1. The molecule has 0 saturated heterocycles. The molecule has 9 heteroatoms. The molecule has 0 amide bonds. The molecular formula is C27H17ClO8. The number of halogens is 1. The molecule has 1 aromatic heterocycles. The summed E-state index contributed by atoms with van der Waals surface area (Å²) in [6.45, 7) is 0.459. The molecule has 0 atom stereocenters. The molecule has 36 heavy (non-hydrogen) atoms. The highest BCUT2D eigenvalue weighted by molar-refractivity contribution is 6.31. The van der Waals surface area contributed by atoms with Gasteiger partial charge in [-0.25, -0.2) is 4.79 Å². The number of hydrogen-bond acceptors (Lipinski definition) is 8. The van der Waals surface area contributed by atoms with Gasteiger partial charge in [0.25, 0.3) is 0 Å². The van der Waals surface area contributed by atoms with E-state index in [0.29, 0.717) is 45.2 Å². The second-order valence-electron chi connectivity index (χ2n) is 8.07. The van der Waals surface area contributed by atoms with Crippen LogP contribution in [0.3, 0.4) is 0 Å². The fraction of sp³-hybridized carbons (Fsp3) is 0.111. The number of para-hydroxylation sites is 1. The normalized spacial score (nSPS) is 15.3. The van der Waals surface area contributed by atoms with Crippen molar-refractivity contribution in [3.8, 4) is 23.0 Å². The summed E-state index contributed by atoms with van der Waals surface area (Å²) < 4.78 is 33.1. The molecule has 3 heterocycles. The molecule has 8 nitrogen and oxygen atoms in total. The average Bonchev–Trinajstić information content (AvgIpc) is 3.45. The van der Waals surface area contributed by atoms with Crippen LogP contribution in [0.2, 0.25) is 5.02 Å². The minimum atomic E-state index is -0.696. The third-order valence-electron chi connectivity index (χ3n) is 5.77. The molecule has 0 fully saturated rings. The van der Waals surface area contributed by atoms with Crippen molar-refractivity contribution in [3.63, 3.8) is 0 Å². The van der Waals surface area contributed by atoms with Crippen LogP contribution < -0.4 is 18.9 Å². The van der Waals surface area contributed by atoms with Crippen LogP contribution in [-0.4, -0.2) is 25.7 Å². The first-order valence-electron chi connectivity index (χ1n) is 10.9. The molecule has 0 unspecified atom stereocenters. The lowest BCUT2D eigenvalue weighted by molar-refractivity contribution is -0.0165. The van der Waals surface area contributed by atoms with Gasteiger partial charge in [0.1, 0.15) is 17.2 Å². The van der Waals surface area contributed by atoms with E-state index in [-0.39, 0.29) is 35.6 Å². The zero-order valence-electron chi connectivity index (χ0n) is 18.8. The Labute approximate surface area is 209 Å². The fourth-order valence-electron chi connectivity index (χ4n) is 4.14. The Bertz CT molecular complexity index is 1580. The molecule has 4 aromatic rings. The Balaban J connectivity index is 1.25. The maximum Gasteiger partial charge on any atom is 0.379 e. The summed E-state index contributed by atoms with van der Waals surface area (Å²) in [5.74, 6) is 0.659. The average molecular weight is 505 g/mol. The lowest BCUT2D eigenvalue weighted by Gasteiger charge is -2.20. The molecule has 0 radical (unpaired) electrons. The van der Waals surface area contributed by atoms with E-state index in [1.807, 2.05) is 0 Å². The number of esters is 1. The van der Waals surface area contributed by atoms with Crippen molar-refractivity contribution in [2.45, 2.75) is 6.61 Å². The van der Waals surface area contributed by atoms with Crippen molar-refractivity contribution in [3.05, 3.63) is 87.8 Å². The van der Waals surface area contributed by atoms with Gasteiger partial charge in [0.05, 0.1) is 19.3 Å². The van der Waals surface area contributed by atoms with Crippen LogP contribution in [0.5, 0.6) is 23.0 Å². The number of methoxy groups -OCH3 is 1. The molecule has 0 aliphatic carbocycles. The Kier molecular flexibility index (Phi) is 5.40. The summed E-state index contributed by atoms with van der Waals surface area (Å²) in [6.07, 6.45) is 1.58. The van der Waals surface area contributed by atoms with Gasteiger partial charge in [-0.1, -0.05) is 23.7 Å². The maximum atomic E-state index is 12.9. The molecule has 0 N–H and O–H groups in total. The Hall–Kier alpha value is -4.27. The first kappa shape index (κ1) is 22.2. The third kappa shape index (κ3) is 3.86. The van der Waals surface area contributed by atoms with Crippen LogP contribution in [0.25, 0.3) is 17.0 Å². The predicted octanol–water partition coefficient (Wildman–Crippen LogP) is 5.80. The van der Waals surface area contributed by atoms with Crippen LogP contribution in [0, 0.1) is 0 Å². The number of Topliss-reactive ketones (excluding diaryl/α,β-unsaturated/α-hetero) is 1. The van der Waals surface area contributed by atoms with E-state index in [1.165, 1.54) is 19.2 Å². The zero-order chi connectivity index (χ0) is 24.8. The van der Waals surface area contributed by atoms with E-state index in [1.54, 1.807) is 48.5 Å². The topological polar surface area (TPSA) is 93.4 Å². The Morgan fingerprint density at radius 3 is 2.86 bits per heavy atom. The molecule has 180 valence electrons. The first-order valence-corrected chi connectivity index (χ1v) is 11.3. The molecular weight excluding hydrogens is 488 g/mol. The number of allylic oxidation sites excluding steroid dienone is 1. The monoisotopic (exact) mass is 504 g/mol. The lowest BCUT2D eigenvalue weighted by atomic mass is 10.1. The van der Waals surface area contributed by atoms with E-state index < -0.39 is 5.97 Å². The van der Waals surface area contributed by atoms with Crippen molar-refractivity contribution in [1.29, 1.82) is 0 Å². The SMILES string of the molecule is COc1cccc2cc(C(=O)Oc3ccc4c(c3)O/C(=C\c3cc(Cl)cc5c3OCOC5)C4=O)oc12. The number of hydrogen-bond donors (Lipinski definition) is 0. The van der Waals surface area contributed by atoms with E-state index in [0.717, 1.165) is 5.56 Å². The number of fused-ring (bicyclic) bond motifs is 3. The summed E-state index contributed by atoms with van der Waals surface area (Å²) in [7, 11) is 1.52. The van der Waals surface area contributed by atoms with Gasteiger partial charge < -0.3 is 28.1 Å². The fourth-order valence-corrected chi connectivity index (χ4v) is 4.39. The molecule has 0 bridgehead atoms. The number of benzene rings is 3. The van der Waals surface area contributed by atoms with Crippen molar-refractivity contribution in [1.82, 2.24) is 0 Å². The summed E-state index contributed by atoms with van der Waals surface area (Å²) >= 11 is 6.23. The van der Waals surface area contributed by atoms with Gasteiger partial charge in [-0.2, -0.15) is 0 Å². The number of carbonyl (C=O) groups is 2. The quantitative estimate of drug-likeness (QED) is 0.196. The highest BCUT2D eigenvalue weighted by atomic mass is 35.5. The number of ketones is 1. The van der Waals surface area contributed by atoms with E-state index in [2.05, 4.69) is 0 Å². The van der Waals surface area contributed by atoms with Gasteiger partial charge in [-0.3, -0.25) is 4.79 Å². The van der Waals surface area contributed by atoms with Crippen LogP contribution >= 0.6 is 11.6 Å². The summed E-state index contributed by atoms with van der Waals surface area (Å²) in [6, 6.07) is 14.9. The van der Waals surface area contributed by atoms with Gasteiger partial charge in [0.2, 0.25) is 11.5 Å². The minimum Gasteiger partial charge on any atom is -0.493 e. The zero-order valence-corrected chi connectivity index (χ0v) is 19.6. The second kappa shape index (κ2) is 8.75. The van der Waals surface area contributed by atoms with Gasteiger partial charge >= 0.3 is 5.97 Å². The van der Waals surface area contributed by atoms with Crippen molar-refractivity contribution in [2.24, 2.45) is 0 Å². The van der Waals surface area contributed by atoms with E-state index in [9.17, 15) is 9.59 Å². The van der Waals surface area contributed by atoms with Crippen molar-refractivity contribution in [2.75, 3.05) is 13.9 Å². The number of ether oxygens (including phenoxy) is 5. The van der Waals surface area contributed by atoms with Gasteiger partial charge in [0, 0.05) is 27.6 Å². The van der Waals surface area contributed by atoms with Crippen LogP contribution in [0.15, 0.2) is 64.8 Å². The Morgan fingerprint density at radius 1 is 1.11 bits per heavy atom. The van der Waals surface area contributed by atoms with Gasteiger partial charge in [0.15, 0.2) is 23.9 Å². The smallest absolute Gasteiger partial charge is 0.379 e. The maximum absolute atomic E-state index is 12.9. The highest BCUT2D eigenvalue weighted by Crippen LogP contribution is 2.38. The minimum absolute atomic E-state index is 0.0160.